The molecule has 1 N–H and O–H groups in total. The van der Waals surface area contributed by atoms with E-state index in [-0.39, 0.29) is 6.10 Å². The number of benzene rings is 1. The summed E-state index contributed by atoms with van der Waals surface area (Å²) in [6.45, 7) is 2.10. The third-order valence-electron chi connectivity index (χ3n) is 3.26. The van der Waals surface area contributed by atoms with Gasteiger partial charge in [0.2, 0.25) is 0 Å². The van der Waals surface area contributed by atoms with Gasteiger partial charge < -0.3 is 9.84 Å². The van der Waals surface area contributed by atoms with E-state index in [2.05, 4.69) is 19.1 Å². The molecule has 0 radical (unpaired) electrons. The molecule has 1 fully saturated rings. The third kappa shape index (κ3) is 1.50. The van der Waals surface area contributed by atoms with Crippen LogP contribution in [0.1, 0.15) is 24.8 Å². The van der Waals surface area contributed by atoms with Crippen molar-refractivity contribution in [1.82, 2.24) is 0 Å². The Hall–Kier alpha value is -1.02. The number of aliphatic hydroxyl groups excluding tert-OH is 1. The normalized spacial score (nSPS) is 30.9. The zero-order valence-corrected chi connectivity index (χ0v) is 8.60. The molecule has 0 bridgehead atoms. The van der Waals surface area contributed by atoms with E-state index in [1.54, 1.807) is 7.11 Å². The fourth-order valence-corrected chi connectivity index (χ4v) is 2.07. The molecule has 1 aromatic rings. The summed E-state index contributed by atoms with van der Waals surface area (Å²) < 4.78 is 5.17. The molecule has 0 aromatic heterocycles. The summed E-state index contributed by atoms with van der Waals surface area (Å²) in [6, 6.07) is 8.12. The number of rotatable bonds is 2. The first kappa shape index (κ1) is 9.53. The summed E-state index contributed by atoms with van der Waals surface area (Å²) >= 11 is 0. The maximum Gasteiger partial charge on any atom is 0.119 e. The Balaban J connectivity index is 2.17. The van der Waals surface area contributed by atoms with Crippen LogP contribution in [0.15, 0.2) is 24.3 Å². The van der Waals surface area contributed by atoms with Crippen LogP contribution in [0.2, 0.25) is 0 Å². The molecular formula is C12H16O2. The molecule has 1 aliphatic rings. The van der Waals surface area contributed by atoms with Crippen molar-refractivity contribution in [3.8, 4) is 5.75 Å². The second kappa shape index (κ2) is 3.62. The van der Waals surface area contributed by atoms with Crippen LogP contribution in [-0.2, 0) is 0 Å². The van der Waals surface area contributed by atoms with Gasteiger partial charge in [-0.05, 0) is 36.0 Å². The van der Waals surface area contributed by atoms with Crippen LogP contribution in [0.5, 0.6) is 5.75 Å². The molecule has 14 heavy (non-hydrogen) atoms. The van der Waals surface area contributed by atoms with Gasteiger partial charge in [0.05, 0.1) is 13.2 Å². The van der Waals surface area contributed by atoms with Crippen molar-refractivity contribution in [1.29, 1.82) is 0 Å². The summed E-state index contributed by atoms with van der Waals surface area (Å²) in [4.78, 5) is 0. The summed E-state index contributed by atoms with van der Waals surface area (Å²) in [5, 5.41) is 9.44. The quantitative estimate of drug-likeness (QED) is 0.778. The predicted octanol–water partition coefficient (Wildman–Crippen LogP) is 2.18. The lowest BCUT2D eigenvalue weighted by molar-refractivity contribution is 0.0116. The fraction of sp³-hybridized carbons (Fsp3) is 0.500. The van der Waals surface area contributed by atoms with Crippen LogP contribution in [0.3, 0.4) is 0 Å². The molecule has 76 valence electrons. The zero-order chi connectivity index (χ0) is 10.1. The van der Waals surface area contributed by atoms with Gasteiger partial charge in [-0.1, -0.05) is 19.1 Å². The van der Waals surface area contributed by atoms with Crippen LogP contribution >= 0.6 is 0 Å². The van der Waals surface area contributed by atoms with Crippen molar-refractivity contribution >= 4 is 0 Å². The molecule has 0 spiro atoms. The van der Waals surface area contributed by atoms with Gasteiger partial charge in [0.25, 0.3) is 0 Å². The molecule has 2 nitrogen and oxygen atoms in total. The van der Waals surface area contributed by atoms with Crippen LogP contribution in [-0.4, -0.2) is 18.3 Å². The number of ether oxygens (including phenoxy) is 1. The van der Waals surface area contributed by atoms with Gasteiger partial charge in [-0.25, -0.2) is 0 Å². The Bertz CT molecular complexity index is 322. The monoisotopic (exact) mass is 192 g/mol. The van der Waals surface area contributed by atoms with Gasteiger partial charge in [0.15, 0.2) is 0 Å². The predicted molar refractivity (Wildman–Crippen MR) is 55.5 cm³/mol. The number of hydrogen-bond donors (Lipinski definition) is 1. The van der Waals surface area contributed by atoms with Gasteiger partial charge >= 0.3 is 0 Å². The summed E-state index contributed by atoms with van der Waals surface area (Å²) in [5.74, 6) is 1.78. The average molecular weight is 192 g/mol. The van der Waals surface area contributed by atoms with Crippen LogP contribution < -0.4 is 4.74 Å². The lowest BCUT2D eigenvalue weighted by Gasteiger charge is -2.39. The lowest BCUT2D eigenvalue weighted by Crippen LogP contribution is -2.37. The highest BCUT2D eigenvalue weighted by Crippen LogP contribution is 2.42. The van der Waals surface area contributed by atoms with E-state index in [1.807, 2.05) is 12.1 Å². The molecule has 1 aromatic carbocycles. The van der Waals surface area contributed by atoms with Crippen LogP contribution in [0, 0.1) is 5.92 Å². The first-order valence-corrected chi connectivity index (χ1v) is 5.04. The number of hydrogen-bond acceptors (Lipinski definition) is 2. The second-order valence-electron chi connectivity index (χ2n) is 4.05. The second-order valence-corrected chi connectivity index (χ2v) is 4.05. The van der Waals surface area contributed by atoms with Crippen molar-refractivity contribution in [2.24, 2.45) is 5.92 Å². The minimum Gasteiger partial charge on any atom is -0.497 e. The highest BCUT2D eigenvalue weighted by atomic mass is 16.5. The van der Waals surface area contributed by atoms with Gasteiger partial charge in [-0.3, -0.25) is 0 Å². The molecule has 0 saturated heterocycles. The minimum absolute atomic E-state index is 0.119. The van der Waals surface area contributed by atoms with E-state index in [4.69, 9.17) is 4.74 Å². The molecular weight excluding hydrogens is 176 g/mol. The third-order valence-corrected chi connectivity index (χ3v) is 3.26. The molecule has 3 unspecified atom stereocenters. The number of methoxy groups -OCH3 is 1. The summed E-state index contributed by atoms with van der Waals surface area (Å²) in [6.07, 6.45) is 0.764. The molecule has 1 aliphatic carbocycles. The van der Waals surface area contributed by atoms with Crippen molar-refractivity contribution < 1.29 is 9.84 Å². The van der Waals surface area contributed by atoms with Gasteiger partial charge in [-0.2, -0.15) is 0 Å². The smallest absolute Gasteiger partial charge is 0.119 e. The van der Waals surface area contributed by atoms with Crippen LogP contribution in [0.4, 0.5) is 0 Å². The van der Waals surface area contributed by atoms with Gasteiger partial charge in [-0.15, -0.1) is 0 Å². The Morgan fingerprint density at radius 3 is 2.79 bits per heavy atom. The SMILES string of the molecule is COc1cccc(C2CC(O)C2C)c1. The first-order chi connectivity index (χ1) is 6.72. The Morgan fingerprint density at radius 2 is 2.21 bits per heavy atom. The van der Waals surface area contributed by atoms with E-state index in [0.29, 0.717) is 11.8 Å². The van der Waals surface area contributed by atoms with E-state index >= 15 is 0 Å². The molecule has 2 rings (SSSR count). The standard InChI is InChI=1S/C12H16O2/c1-8-11(7-12(8)13)9-4-3-5-10(6-9)14-2/h3-6,8,11-13H,7H2,1-2H3. The summed E-state index contributed by atoms with van der Waals surface area (Å²) in [7, 11) is 1.68. The maximum absolute atomic E-state index is 9.44. The van der Waals surface area contributed by atoms with Crippen LogP contribution in [0.25, 0.3) is 0 Å². The zero-order valence-electron chi connectivity index (χ0n) is 8.60. The van der Waals surface area contributed by atoms with Crippen molar-refractivity contribution in [3.63, 3.8) is 0 Å². The van der Waals surface area contributed by atoms with Crippen molar-refractivity contribution in [3.05, 3.63) is 29.8 Å². The minimum atomic E-state index is -0.119. The fourth-order valence-electron chi connectivity index (χ4n) is 2.07. The molecule has 3 atom stereocenters. The van der Waals surface area contributed by atoms with E-state index < -0.39 is 0 Å². The first-order valence-electron chi connectivity index (χ1n) is 5.04. The largest absolute Gasteiger partial charge is 0.497 e. The van der Waals surface area contributed by atoms with E-state index in [9.17, 15) is 5.11 Å². The number of aliphatic hydroxyl groups is 1. The molecule has 2 heteroatoms. The molecule has 0 heterocycles. The lowest BCUT2D eigenvalue weighted by atomic mass is 9.69. The Labute approximate surface area is 84.5 Å². The molecule has 0 aliphatic heterocycles. The van der Waals surface area contributed by atoms with E-state index in [0.717, 1.165) is 12.2 Å². The average Bonchev–Trinajstić information content (AvgIpc) is 2.25. The Kier molecular flexibility index (Phi) is 2.46. The van der Waals surface area contributed by atoms with Crippen molar-refractivity contribution in [2.45, 2.75) is 25.4 Å². The van der Waals surface area contributed by atoms with E-state index in [1.165, 1.54) is 5.56 Å². The molecule has 0 amide bonds. The van der Waals surface area contributed by atoms with Gasteiger partial charge in [0.1, 0.15) is 5.75 Å². The topological polar surface area (TPSA) is 29.5 Å². The molecule has 1 saturated carbocycles. The maximum atomic E-state index is 9.44. The summed E-state index contributed by atoms with van der Waals surface area (Å²) in [5.41, 5.74) is 1.28. The highest BCUT2D eigenvalue weighted by molar-refractivity contribution is 5.32. The Morgan fingerprint density at radius 1 is 1.43 bits per heavy atom. The van der Waals surface area contributed by atoms with Crippen molar-refractivity contribution in [2.75, 3.05) is 7.11 Å². The highest BCUT2D eigenvalue weighted by Gasteiger charge is 2.37. The van der Waals surface area contributed by atoms with Gasteiger partial charge in [0, 0.05) is 0 Å².